The van der Waals surface area contributed by atoms with E-state index in [0.717, 1.165) is 22.6 Å². The van der Waals surface area contributed by atoms with Crippen molar-refractivity contribution in [3.05, 3.63) is 53.1 Å². The van der Waals surface area contributed by atoms with Gasteiger partial charge in [-0.3, -0.25) is 9.69 Å². The number of rotatable bonds is 6. The van der Waals surface area contributed by atoms with E-state index in [-0.39, 0.29) is 10.8 Å². The largest absolute Gasteiger partial charge is 0.492 e. The van der Waals surface area contributed by atoms with Gasteiger partial charge in [0.1, 0.15) is 17.9 Å². The molecule has 1 heterocycles. The number of aryl methyl sites for hydroxylation is 1. The molecule has 0 saturated carbocycles. The Balaban J connectivity index is 2.07. The molecule has 0 radical (unpaired) electrons. The average molecular weight is 477 g/mol. The molecule has 2 aromatic rings. The number of carbonyl (C=O) groups is 1. The molecule has 0 unspecified atom stereocenters. The first kappa shape index (κ1) is 24.5. The summed E-state index contributed by atoms with van der Waals surface area (Å²) >= 11 is 5.57. The minimum Gasteiger partial charge on any atom is -0.492 e. The summed E-state index contributed by atoms with van der Waals surface area (Å²) in [5.74, 6) is 0.187. The van der Waals surface area contributed by atoms with Crippen molar-refractivity contribution in [3.8, 4) is 11.8 Å². The van der Waals surface area contributed by atoms with Crippen LogP contribution in [0, 0.1) is 11.3 Å². The van der Waals surface area contributed by atoms with Crippen molar-refractivity contribution >= 4 is 34.6 Å². The normalized spacial score (nSPS) is 15.7. The van der Waals surface area contributed by atoms with Crippen molar-refractivity contribution in [2.24, 2.45) is 5.73 Å². The minimum absolute atomic E-state index is 0.0421. The molecule has 10 heteroatoms. The number of alkyl halides is 3. The van der Waals surface area contributed by atoms with Gasteiger partial charge in [-0.05, 0) is 74.4 Å². The number of hydrogen-bond acceptors (Lipinski definition) is 5. The number of halogens is 3. The Morgan fingerprint density at radius 1 is 1.18 bits per heavy atom. The van der Waals surface area contributed by atoms with Crippen LogP contribution >= 0.6 is 12.2 Å². The van der Waals surface area contributed by atoms with Crippen LogP contribution in [0.25, 0.3) is 0 Å². The lowest BCUT2D eigenvalue weighted by molar-refractivity contribution is -0.137. The molecule has 1 amide bonds. The quantitative estimate of drug-likeness (QED) is 0.623. The van der Waals surface area contributed by atoms with Crippen LogP contribution in [-0.2, 0) is 17.4 Å². The monoisotopic (exact) mass is 476 g/mol. The van der Waals surface area contributed by atoms with E-state index < -0.39 is 28.7 Å². The standard InChI is InChI=1S/C23H23F3N4O2S/c1-4-14-11-17(7-8-19(14)32-10-9-27)30-21(33)29(20(31)22(30,2)3)16-6-5-15(13-28)18(12-16)23(24,25)26/h5-8,11-12H,4,9-10,27H2,1-3H3. The highest BCUT2D eigenvalue weighted by atomic mass is 32.1. The lowest BCUT2D eigenvalue weighted by Crippen LogP contribution is -2.44. The number of nitriles is 1. The van der Waals surface area contributed by atoms with Gasteiger partial charge in [0.15, 0.2) is 5.11 Å². The Labute approximate surface area is 195 Å². The van der Waals surface area contributed by atoms with Gasteiger partial charge in [0.25, 0.3) is 5.91 Å². The number of benzene rings is 2. The number of nitrogens with two attached hydrogens (primary N) is 1. The van der Waals surface area contributed by atoms with Gasteiger partial charge in [-0.15, -0.1) is 0 Å². The molecule has 0 aromatic heterocycles. The van der Waals surface area contributed by atoms with E-state index in [9.17, 15) is 18.0 Å². The molecule has 3 rings (SSSR count). The highest BCUT2D eigenvalue weighted by Crippen LogP contribution is 2.40. The first-order valence-electron chi connectivity index (χ1n) is 10.2. The van der Waals surface area contributed by atoms with Gasteiger partial charge in [0, 0.05) is 12.2 Å². The van der Waals surface area contributed by atoms with E-state index in [1.165, 1.54) is 12.1 Å². The number of carbonyl (C=O) groups excluding carboxylic acids is 1. The second-order valence-corrected chi connectivity index (χ2v) is 8.30. The molecule has 0 atom stereocenters. The van der Waals surface area contributed by atoms with Gasteiger partial charge >= 0.3 is 6.18 Å². The highest BCUT2D eigenvalue weighted by molar-refractivity contribution is 7.81. The number of nitrogens with zero attached hydrogens (tertiary/aromatic N) is 3. The van der Waals surface area contributed by atoms with Crippen LogP contribution in [0.1, 0.15) is 37.5 Å². The van der Waals surface area contributed by atoms with E-state index in [1.54, 1.807) is 30.9 Å². The Morgan fingerprint density at radius 2 is 1.85 bits per heavy atom. The fraction of sp³-hybridized carbons (Fsp3) is 0.348. The first-order valence-corrected chi connectivity index (χ1v) is 10.6. The van der Waals surface area contributed by atoms with Crippen molar-refractivity contribution in [2.45, 2.75) is 38.9 Å². The molecule has 2 aromatic carbocycles. The van der Waals surface area contributed by atoms with E-state index in [2.05, 4.69) is 0 Å². The zero-order chi connectivity index (χ0) is 24.6. The van der Waals surface area contributed by atoms with Crippen LogP contribution < -0.4 is 20.3 Å². The molecule has 33 heavy (non-hydrogen) atoms. The Hall–Kier alpha value is -3.16. The molecule has 1 aliphatic heterocycles. The summed E-state index contributed by atoms with van der Waals surface area (Å²) in [5.41, 5.74) is 4.14. The summed E-state index contributed by atoms with van der Waals surface area (Å²) in [6, 6.07) is 10.0. The van der Waals surface area contributed by atoms with Gasteiger partial charge in [-0.25, -0.2) is 0 Å². The fourth-order valence-corrected chi connectivity index (χ4v) is 4.27. The predicted molar refractivity (Wildman–Crippen MR) is 123 cm³/mol. The Bertz CT molecular complexity index is 1140. The van der Waals surface area contributed by atoms with Crippen LogP contribution in [-0.4, -0.2) is 29.7 Å². The molecule has 0 aliphatic carbocycles. The molecule has 1 saturated heterocycles. The predicted octanol–water partition coefficient (Wildman–Crippen LogP) is 4.39. The summed E-state index contributed by atoms with van der Waals surface area (Å²) in [7, 11) is 0. The summed E-state index contributed by atoms with van der Waals surface area (Å²) in [6.45, 7) is 5.98. The number of hydrogen-bond donors (Lipinski definition) is 1. The summed E-state index contributed by atoms with van der Waals surface area (Å²) < 4.78 is 46.1. The number of thiocarbonyl (C=S) groups is 1. The van der Waals surface area contributed by atoms with Crippen LogP contribution in [0.5, 0.6) is 5.75 Å². The van der Waals surface area contributed by atoms with Crippen molar-refractivity contribution < 1.29 is 22.7 Å². The maximum atomic E-state index is 13.5. The smallest absolute Gasteiger partial charge is 0.417 e. The topological polar surface area (TPSA) is 82.6 Å². The second kappa shape index (κ2) is 9.00. The third-order valence-electron chi connectivity index (χ3n) is 5.41. The molecule has 2 N–H and O–H groups in total. The van der Waals surface area contributed by atoms with Gasteiger partial charge in [-0.1, -0.05) is 6.92 Å². The van der Waals surface area contributed by atoms with Crippen LogP contribution in [0.3, 0.4) is 0 Å². The molecule has 0 bridgehead atoms. The third kappa shape index (κ3) is 4.38. The molecule has 1 fully saturated rings. The van der Waals surface area contributed by atoms with Crippen molar-refractivity contribution in [1.29, 1.82) is 5.26 Å². The van der Waals surface area contributed by atoms with Gasteiger partial charge < -0.3 is 15.4 Å². The Morgan fingerprint density at radius 3 is 2.42 bits per heavy atom. The molecule has 6 nitrogen and oxygen atoms in total. The SMILES string of the molecule is CCc1cc(N2C(=S)N(c3ccc(C#N)c(C(F)(F)F)c3)C(=O)C2(C)C)ccc1OCCN. The van der Waals surface area contributed by atoms with Gasteiger partial charge in [0.2, 0.25) is 0 Å². The van der Waals surface area contributed by atoms with Gasteiger partial charge in [-0.2, -0.15) is 18.4 Å². The second-order valence-electron chi connectivity index (χ2n) is 7.94. The van der Waals surface area contributed by atoms with Crippen molar-refractivity contribution in [2.75, 3.05) is 23.0 Å². The maximum Gasteiger partial charge on any atom is 0.417 e. The fourth-order valence-electron chi connectivity index (χ4n) is 3.75. The molecule has 1 aliphatic rings. The van der Waals surface area contributed by atoms with E-state index in [1.807, 2.05) is 13.0 Å². The van der Waals surface area contributed by atoms with Crippen molar-refractivity contribution in [1.82, 2.24) is 0 Å². The molecule has 174 valence electrons. The lowest BCUT2D eigenvalue weighted by Gasteiger charge is -2.30. The maximum absolute atomic E-state index is 13.5. The zero-order valence-electron chi connectivity index (χ0n) is 18.4. The van der Waals surface area contributed by atoms with Crippen molar-refractivity contribution in [3.63, 3.8) is 0 Å². The van der Waals surface area contributed by atoms with E-state index >= 15 is 0 Å². The minimum atomic E-state index is -4.75. The van der Waals surface area contributed by atoms with Crippen LogP contribution in [0.2, 0.25) is 0 Å². The average Bonchev–Trinajstić information content (AvgIpc) is 2.94. The van der Waals surface area contributed by atoms with E-state index in [4.69, 9.17) is 28.0 Å². The lowest BCUT2D eigenvalue weighted by atomic mass is 10.0. The number of amides is 1. The van der Waals surface area contributed by atoms with Crippen LogP contribution in [0.15, 0.2) is 36.4 Å². The van der Waals surface area contributed by atoms with Crippen LogP contribution in [0.4, 0.5) is 24.5 Å². The summed E-state index contributed by atoms with van der Waals surface area (Å²) in [5, 5.41) is 9.10. The molecular formula is C23H23F3N4O2S. The zero-order valence-corrected chi connectivity index (χ0v) is 19.2. The molecular weight excluding hydrogens is 453 g/mol. The highest BCUT2D eigenvalue weighted by Gasteiger charge is 2.50. The Kier molecular flexibility index (Phi) is 6.68. The number of ether oxygens (including phenoxy) is 1. The first-order chi connectivity index (χ1) is 15.5. The summed E-state index contributed by atoms with van der Waals surface area (Å²) in [6.07, 6.45) is -4.10. The van der Waals surface area contributed by atoms with Gasteiger partial charge in [0.05, 0.1) is 22.9 Å². The third-order valence-corrected chi connectivity index (χ3v) is 5.78. The summed E-state index contributed by atoms with van der Waals surface area (Å²) in [4.78, 5) is 16.0. The number of anilines is 2. The van der Waals surface area contributed by atoms with E-state index in [0.29, 0.717) is 31.0 Å². The molecule has 0 spiro atoms.